The molecule has 2 aromatic carbocycles. The summed E-state index contributed by atoms with van der Waals surface area (Å²) in [6.45, 7) is 3.70. The van der Waals surface area contributed by atoms with Gasteiger partial charge in [0.25, 0.3) is 5.91 Å². The third-order valence-corrected chi connectivity index (χ3v) is 5.97. The Balaban J connectivity index is 1.61. The van der Waals surface area contributed by atoms with E-state index in [0.29, 0.717) is 39.6 Å². The number of hydrogen-bond acceptors (Lipinski definition) is 6. The number of aliphatic hydroxyl groups is 1. The van der Waals surface area contributed by atoms with Crippen LogP contribution in [0.4, 0.5) is 10.1 Å². The predicted molar refractivity (Wildman–Crippen MR) is 136 cm³/mol. The van der Waals surface area contributed by atoms with Gasteiger partial charge in [-0.2, -0.15) is 5.10 Å². The number of carbonyl (C=O) groups excluding carboxylic acids is 1. The maximum atomic E-state index is 13.6. The van der Waals surface area contributed by atoms with Crippen LogP contribution in [-0.2, 0) is 0 Å². The number of methoxy groups -OCH3 is 1. The summed E-state index contributed by atoms with van der Waals surface area (Å²) in [5.41, 5.74) is 3.48. The van der Waals surface area contributed by atoms with Crippen LogP contribution in [0.25, 0.3) is 28.2 Å². The SMILES string of the molecule is COc1cc(C(=O)NC2CC2)ccc1-c1cnc2c(NCC(C)(C)O)cc(-c3ccc(F)cc3)nn12. The molecule has 2 aromatic heterocycles. The van der Waals surface area contributed by atoms with Crippen molar-refractivity contribution in [2.24, 2.45) is 0 Å². The third kappa shape index (κ3) is 5.01. The van der Waals surface area contributed by atoms with E-state index in [4.69, 9.17) is 9.84 Å². The minimum absolute atomic E-state index is 0.129. The molecule has 0 radical (unpaired) electrons. The average Bonchev–Trinajstić information content (AvgIpc) is 3.57. The van der Waals surface area contributed by atoms with Crippen LogP contribution in [0.2, 0.25) is 0 Å². The highest BCUT2D eigenvalue weighted by Crippen LogP contribution is 2.34. The van der Waals surface area contributed by atoms with Crippen LogP contribution in [0, 0.1) is 5.82 Å². The first-order chi connectivity index (χ1) is 17.2. The van der Waals surface area contributed by atoms with Crippen molar-refractivity contribution in [2.75, 3.05) is 19.0 Å². The molecule has 8 nitrogen and oxygen atoms in total. The smallest absolute Gasteiger partial charge is 0.251 e. The zero-order valence-corrected chi connectivity index (χ0v) is 20.4. The summed E-state index contributed by atoms with van der Waals surface area (Å²) < 4.78 is 20.9. The Morgan fingerprint density at radius 2 is 1.94 bits per heavy atom. The number of benzene rings is 2. The molecule has 1 saturated carbocycles. The van der Waals surface area contributed by atoms with Gasteiger partial charge >= 0.3 is 0 Å². The summed E-state index contributed by atoms with van der Waals surface area (Å²) in [4.78, 5) is 17.1. The third-order valence-electron chi connectivity index (χ3n) is 5.97. The summed E-state index contributed by atoms with van der Waals surface area (Å²) >= 11 is 0. The van der Waals surface area contributed by atoms with Crippen molar-refractivity contribution >= 4 is 17.2 Å². The molecule has 1 amide bonds. The Bertz CT molecular complexity index is 1420. The molecule has 4 aromatic rings. The second-order valence-corrected chi connectivity index (χ2v) is 9.66. The molecule has 0 aliphatic heterocycles. The number of amides is 1. The summed E-state index contributed by atoms with van der Waals surface area (Å²) in [6.07, 6.45) is 3.71. The molecule has 9 heteroatoms. The van der Waals surface area contributed by atoms with Gasteiger partial charge in [0.05, 0.1) is 36.0 Å². The quantitative estimate of drug-likeness (QED) is 0.342. The number of aromatic nitrogens is 3. The lowest BCUT2D eigenvalue weighted by molar-refractivity contribution is 0.0940. The zero-order valence-electron chi connectivity index (χ0n) is 20.4. The number of imidazole rings is 1. The summed E-state index contributed by atoms with van der Waals surface area (Å²) in [6, 6.07) is 13.5. The van der Waals surface area contributed by atoms with E-state index in [1.54, 1.807) is 55.9 Å². The number of nitrogens with one attached hydrogen (secondary N) is 2. The molecule has 0 saturated heterocycles. The highest BCUT2D eigenvalue weighted by Gasteiger charge is 2.25. The van der Waals surface area contributed by atoms with Gasteiger partial charge in [-0.05, 0) is 75.2 Å². The molecular weight excluding hydrogens is 461 g/mol. The molecule has 5 rings (SSSR count). The summed E-state index contributed by atoms with van der Waals surface area (Å²) in [7, 11) is 1.55. The van der Waals surface area contributed by atoms with Crippen molar-refractivity contribution in [3.63, 3.8) is 0 Å². The van der Waals surface area contributed by atoms with Gasteiger partial charge in [-0.15, -0.1) is 0 Å². The molecule has 3 N–H and O–H groups in total. The van der Waals surface area contributed by atoms with Gasteiger partial charge in [-0.25, -0.2) is 13.9 Å². The maximum Gasteiger partial charge on any atom is 0.251 e. The number of hydrogen-bond donors (Lipinski definition) is 3. The van der Waals surface area contributed by atoms with E-state index in [1.165, 1.54) is 12.1 Å². The Kier molecular flexibility index (Phi) is 6.09. The van der Waals surface area contributed by atoms with E-state index in [9.17, 15) is 14.3 Å². The first kappa shape index (κ1) is 23.7. The van der Waals surface area contributed by atoms with Crippen LogP contribution in [0.3, 0.4) is 0 Å². The fourth-order valence-corrected chi connectivity index (χ4v) is 3.90. The van der Waals surface area contributed by atoms with E-state index < -0.39 is 5.60 Å². The predicted octanol–water partition coefficient (Wildman–Crippen LogP) is 4.29. The number of nitrogens with zero attached hydrogens (tertiary/aromatic N) is 3. The lowest BCUT2D eigenvalue weighted by atomic mass is 10.1. The summed E-state index contributed by atoms with van der Waals surface area (Å²) in [5, 5.41) is 21.3. The standard InChI is InChI=1S/C27H28FN5O3/c1-27(2,35)15-30-22-13-21(16-4-7-18(28)8-5-16)32-33-23(14-29-25(22)33)20-11-6-17(12-24(20)36-3)26(34)31-19-9-10-19/h4-8,11-14,19,30,35H,9-10,15H2,1-3H3,(H,31,34). The topological polar surface area (TPSA) is 101 Å². The van der Waals surface area contributed by atoms with Crippen LogP contribution < -0.4 is 15.4 Å². The molecular formula is C27H28FN5O3. The van der Waals surface area contributed by atoms with Crippen molar-refractivity contribution in [1.82, 2.24) is 19.9 Å². The fourth-order valence-electron chi connectivity index (χ4n) is 3.90. The number of carbonyl (C=O) groups is 1. The van der Waals surface area contributed by atoms with Crippen LogP contribution >= 0.6 is 0 Å². The molecule has 0 atom stereocenters. The Morgan fingerprint density at radius 1 is 1.19 bits per heavy atom. The maximum absolute atomic E-state index is 13.6. The van der Waals surface area contributed by atoms with Crippen molar-refractivity contribution in [2.45, 2.75) is 38.3 Å². The molecule has 186 valence electrons. The van der Waals surface area contributed by atoms with Gasteiger partial charge in [-0.1, -0.05) is 0 Å². The number of halogens is 1. The van der Waals surface area contributed by atoms with Crippen molar-refractivity contribution in [3.8, 4) is 28.3 Å². The van der Waals surface area contributed by atoms with E-state index >= 15 is 0 Å². The number of fused-ring (bicyclic) bond motifs is 1. The minimum atomic E-state index is -0.953. The van der Waals surface area contributed by atoms with Gasteiger partial charge in [0.2, 0.25) is 0 Å². The van der Waals surface area contributed by atoms with Crippen LogP contribution in [-0.4, -0.2) is 50.9 Å². The van der Waals surface area contributed by atoms with Crippen molar-refractivity contribution < 1.29 is 19.0 Å². The highest BCUT2D eigenvalue weighted by molar-refractivity contribution is 5.96. The molecule has 1 fully saturated rings. The second-order valence-electron chi connectivity index (χ2n) is 9.66. The lowest BCUT2D eigenvalue weighted by Gasteiger charge is -2.19. The molecule has 1 aliphatic carbocycles. The van der Waals surface area contributed by atoms with Gasteiger partial charge in [0.1, 0.15) is 11.6 Å². The summed E-state index contributed by atoms with van der Waals surface area (Å²) in [5.74, 6) is 0.0506. The van der Waals surface area contributed by atoms with Crippen molar-refractivity contribution in [1.29, 1.82) is 0 Å². The van der Waals surface area contributed by atoms with Crippen molar-refractivity contribution in [3.05, 3.63) is 66.1 Å². The highest BCUT2D eigenvalue weighted by atomic mass is 19.1. The number of rotatable bonds is 8. The first-order valence-electron chi connectivity index (χ1n) is 11.8. The monoisotopic (exact) mass is 489 g/mol. The molecule has 0 unspecified atom stereocenters. The molecule has 1 aliphatic rings. The van der Waals surface area contributed by atoms with Crippen LogP contribution in [0.1, 0.15) is 37.0 Å². The fraction of sp³-hybridized carbons (Fsp3) is 0.296. The van der Waals surface area contributed by atoms with Crippen LogP contribution in [0.15, 0.2) is 54.7 Å². The van der Waals surface area contributed by atoms with Gasteiger partial charge in [-0.3, -0.25) is 4.79 Å². The second kappa shape index (κ2) is 9.23. The molecule has 2 heterocycles. The lowest BCUT2D eigenvalue weighted by Crippen LogP contribution is -2.29. The molecule has 0 spiro atoms. The van der Waals surface area contributed by atoms with Gasteiger partial charge in [0.15, 0.2) is 5.65 Å². The Hall–Kier alpha value is -3.98. The van der Waals surface area contributed by atoms with E-state index in [1.807, 2.05) is 12.1 Å². The number of anilines is 1. The first-order valence-corrected chi connectivity index (χ1v) is 11.8. The Morgan fingerprint density at radius 3 is 2.61 bits per heavy atom. The zero-order chi connectivity index (χ0) is 25.4. The van der Waals surface area contributed by atoms with E-state index in [-0.39, 0.29) is 24.3 Å². The molecule has 36 heavy (non-hydrogen) atoms. The molecule has 0 bridgehead atoms. The van der Waals surface area contributed by atoms with Crippen LogP contribution in [0.5, 0.6) is 5.75 Å². The van der Waals surface area contributed by atoms with Gasteiger partial charge in [0, 0.05) is 29.3 Å². The largest absolute Gasteiger partial charge is 0.496 e. The normalized spacial score (nSPS) is 13.6. The van der Waals surface area contributed by atoms with Gasteiger partial charge < -0.3 is 20.5 Å². The van der Waals surface area contributed by atoms with E-state index in [2.05, 4.69) is 15.6 Å². The minimum Gasteiger partial charge on any atom is -0.496 e. The number of ether oxygens (including phenoxy) is 1. The Labute approximate surface area is 208 Å². The van der Waals surface area contributed by atoms with E-state index in [0.717, 1.165) is 18.4 Å². The average molecular weight is 490 g/mol.